The van der Waals surface area contributed by atoms with Crippen LogP contribution in [0, 0.1) is 5.92 Å². The Labute approximate surface area is 68.3 Å². The van der Waals surface area contributed by atoms with E-state index in [0.717, 1.165) is 6.42 Å². The third-order valence-corrected chi connectivity index (χ3v) is 1.65. The molecule has 0 fully saturated rings. The Bertz CT molecular complexity index is 119. The van der Waals surface area contributed by atoms with Crippen molar-refractivity contribution in [1.82, 2.24) is 5.32 Å². The molecular weight excluding hydrogens is 140 g/mol. The van der Waals surface area contributed by atoms with Gasteiger partial charge in [-0.1, -0.05) is 20.8 Å². The van der Waals surface area contributed by atoms with Crippen molar-refractivity contribution in [3.63, 3.8) is 0 Å². The minimum absolute atomic E-state index is 0.0515. The Morgan fingerprint density at radius 1 is 1.55 bits per heavy atom. The molecular formula is C8H18N2O. The first kappa shape index (κ1) is 10.4. The van der Waals surface area contributed by atoms with Gasteiger partial charge in [0.15, 0.2) is 0 Å². The van der Waals surface area contributed by atoms with Gasteiger partial charge in [0, 0.05) is 18.5 Å². The molecule has 0 spiro atoms. The summed E-state index contributed by atoms with van der Waals surface area (Å²) in [6, 6.07) is 0.143. The average Bonchev–Trinajstić information content (AvgIpc) is 1.99. The van der Waals surface area contributed by atoms with E-state index in [2.05, 4.69) is 5.32 Å². The number of nitrogens with two attached hydrogens (primary N) is 1. The van der Waals surface area contributed by atoms with Gasteiger partial charge < -0.3 is 11.1 Å². The number of carbonyl (C=O) groups is 1. The fraction of sp³-hybridized carbons (Fsp3) is 0.875. The molecule has 1 atom stereocenters. The van der Waals surface area contributed by atoms with Crippen molar-refractivity contribution in [2.24, 2.45) is 11.7 Å². The molecule has 0 aliphatic carbocycles. The maximum atomic E-state index is 11.1. The summed E-state index contributed by atoms with van der Waals surface area (Å²) in [6.07, 6.45) is 0.898. The minimum atomic E-state index is 0.0515. The highest BCUT2D eigenvalue weighted by atomic mass is 16.1. The van der Waals surface area contributed by atoms with Crippen molar-refractivity contribution in [3.05, 3.63) is 0 Å². The molecule has 3 heteroatoms. The lowest BCUT2D eigenvalue weighted by Gasteiger charge is -2.15. The van der Waals surface area contributed by atoms with Crippen LogP contribution in [0.2, 0.25) is 0 Å². The summed E-state index contributed by atoms with van der Waals surface area (Å²) in [5.41, 5.74) is 5.42. The fourth-order valence-corrected chi connectivity index (χ4v) is 0.696. The van der Waals surface area contributed by atoms with Gasteiger partial charge >= 0.3 is 0 Å². The summed E-state index contributed by atoms with van der Waals surface area (Å²) in [4.78, 5) is 11.1. The van der Waals surface area contributed by atoms with Gasteiger partial charge in [0.2, 0.25) is 5.91 Å². The first-order valence-electron chi connectivity index (χ1n) is 4.12. The van der Waals surface area contributed by atoms with Crippen LogP contribution in [0.25, 0.3) is 0 Å². The molecule has 0 radical (unpaired) electrons. The van der Waals surface area contributed by atoms with Crippen molar-refractivity contribution in [2.45, 2.75) is 33.2 Å². The van der Waals surface area contributed by atoms with Crippen molar-refractivity contribution < 1.29 is 4.79 Å². The normalized spacial score (nSPS) is 13.2. The standard InChI is InChI=1S/C8H18N2O/c1-4-7(5-9)10-8(11)6(2)3/h6-7H,4-5,9H2,1-3H3,(H,10,11). The highest BCUT2D eigenvalue weighted by Crippen LogP contribution is 1.94. The molecule has 0 rings (SSSR count). The molecule has 0 aromatic carbocycles. The van der Waals surface area contributed by atoms with Crippen LogP contribution in [0.4, 0.5) is 0 Å². The van der Waals surface area contributed by atoms with Crippen molar-refractivity contribution in [3.8, 4) is 0 Å². The second-order valence-electron chi connectivity index (χ2n) is 3.00. The van der Waals surface area contributed by atoms with E-state index in [9.17, 15) is 4.79 Å². The molecule has 0 aromatic heterocycles. The van der Waals surface area contributed by atoms with Gasteiger partial charge in [0.25, 0.3) is 0 Å². The topological polar surface area (TPSA) is 55.1 Å². The second kappa shape index (κ2) is 5.13. The lowest BCUT2D eigenvalue weighted by atomic mass is 10.1. The molecule has 11 heavy (non-hydrogen) atoms. The molecule has 0 saturated carbocycles. The first-order chi connectivity index (χ1) is 5.11. The van der Waals surface area contributed by atoms with Gasteiger partial charge in [-0.05, 0) is 6.42 Å². The van der Waals surface area contributed by atoms with E-state index in [1.54, 1.807) is 0 Å². The van der Waals surface area contributed by atoms with E-state index < -0.39 is 0 Å². The maximum absolute atomic E-state index is 11.1. The lowest BCUT2D eigenvalue weighted by Crippen LogP contribution is -2.41. The highest BCUT2D eigenvalue weighted by Gasteiger charge is 2.10. The fourth-order valence-electron chi connectivity index (χ4n) is 0.696. The number of rotatable bonds is 4. The van der Waals surface area contributed by atoms with E-state index >= 15 is 0 Å². The van der Waals surface area contributed by atoms with Crippen molar-refractivity contribution in [1.29, 1.82) is 0 Å². The number of carbonyl (C=O) groups excluding carboxylic acids is 1. The van der Waals surface area contributed by atoms with Crippen LogP contribution in [-0.4, -0.2) is 18.5 Å². The minimum Gasteiger partial charge on any atom is -0.352 e. The second-order valence-corrected chi connectivity index (χ2v) is 3.00. The van der Waals surface area contributed by atoms with Crippen LogP contribution in [0.15, 0.2) is 0 Å². The average molecular weight is 158 g/mol. The molecule has 0 aromatic rings. The first-order valence-corrected chi connectivity index (χ1v) is 4.12. The van der Waals surface area contributed by atoms with Crippen molar-refractivity contribution in [2.75, 3.05) is 6.54 Å². The Morgan fingerprint density at radius 3 is 2.36 bits per heavy atom. The van der Waals surface area contributed by atoms with Crippen LogP contribution in [0.3, 0.4) is 0 Å². The summed E-state index contributed by atoms with van der Waals surface area (Å²) < 4.78 is 0. The largest absolute Gasteiger partial charge is 0.352 e. The van der Waals surface area contributed by atoms with Crippen LogP contribution in [0.5, 0.6) is 0 Å². The Morgan fingerprint density at radius 2 is 2.09 bits per heavy atom. The molecule has 0 saturated heterocycles. The van der Waals surface area contributed by atoms with Gasteiger partial charge in [-0.15, -0.1) is 0 Å². The predicted octanol–water partition coefficient (Wildman–Crippen LogP) is 0.496. The van der Waals surface area contributed by atoms with E-state index in [-0.39, 0.29) is 17.9 Å². The molecule has 0 aliphatic rings. The summed E-state index contributed by atoms with van der Waals surface area (Å²) in [6.45, 7) is 6.28. The molecule has 66 valence electrons. The summed E-state index contributed by atoms with van der Waals surface area (Å²) in [5.74, 6) is 0.137. The van der Waals surface area contributed by atoms with E-state index in [4.69, 9.17) is 5.73 Å². The smallest absolute Gasteiger partial charge is 0.222 e. The predicted molar refractivity (Wildman–Crippen MR) is 46.1 cm³/mol. The Kier molecular flexibility index (Phi) is 4.86. The molecule has 3 N–H and O–H groups in total. The summed E-state index contributed by atoms with van der Waals surface area (Å²) >= 11 is 0. The summed E-state index contributed by atoms with van der Waals surface area (Å²) in [5, 5.41) is 2.85. The Hall–Kier alpha value is -0.570. The van der Waals surface area contributed by atoms with Crippen LogP contribution in [-0.2, 0) is 4.79 Å². The lowest BCUT2D eigenvalue weighted by molar-refractivity contribution is -0.124. The molecule has 0 aliphatic heterocycles. The van der Waals surface area contributed by atoms with Crippen LogP contribution < -0.4 is 11.1 Å². The van der Waals surface area contributed by atoms with Gasteiger partial charge in [-0.2, -0.15) is 0 Å². The summed E-state index contributed by atoms with van der Waals surface area (Å²) in [7, 11) is 0. The van der Waals surface area contributed by atoms with E-state index in [1.807, 2.05) is 20.8 Å². The quantitative estimate of drug-likeness (QED) is 0.626. The van der Waals surface area contributed by atoms with Gasteiger partial charge in [0.1, 0.15) is 0 Å². The number of nitrogens with one attached hydrogen (secondary N) is 1. The molecule has 1 amide bonds. The number of hydrogen-bond acceptors (Lipinski definition) is 2. The molecule has 0 bridgehead atoms. The van der Waals surface area contributed by atoms with Gasteiger partial charge in [-0.3, -0.25) is 4.79 Å². The zero-order valence-electron chi connectivity index (χ0n) is 7.55. The van der Waals surface area contributed by atoms with Gasteiger partial charge in [-0.25, -0.2) is 0 Å². The van der Waals surface area contributed by atoms with Crippen LogP contribution in [0.1, 0.15) is 27.2 Å². The SMILES string of the molecule is CCC(CN)NC(=O)C(C)C. The molecule has 1 unspecified atom stereocenters. The molecule has 0 heterocycles. The Balaban J connectivity index is 3.72. The van der Waals surface area contributed by atoms with Crippen LogP contribution >= 0.6 is 0 Å². The van der Waals surface area contributed by atoms with Gasteiger partial charge in [0.05, 0.1) is 0 Å². The third kappa shape index (κ3) is 3.98. The van der Waals surface area contributed by atoms with E-state index in [1.165, 1.54) is 0 Å². The zero-order valence-corrected chi connectivity index (χ0v) is 7.55. The molecule has 3 nitrogen and oxygen atoms in total. The zero-order chi connectivity index (χ0) is 8.85. The maximum Gasteiger partial charge on any atom is 0.222 e. The number of hydrogen-bond donors (Lipinski definition) is 2. The van der Waals surface area contributed by atoms with E-state index in [0.29, 0.717) is 6.54 Å². The number of amides is 1. The monoisotopic (exact) mass is 158 g/mol. The van der Waals surface area contributed by atoms with Crippen molar-refractivity contribution >= 4 is 5.91 Å². The highest BCUT2D eigenvalue weighted by molar-refractivity contribution is 5.78. The third-order valence-electron chi connectivity index (χ3n) is 1.65.